The molecular weight excluding hydrogens is 327 g/mol. The molecule has 1 N–H and O–H groups in total. The van der Waals surface area contributed by atoms with E-state index < -0.39 is 17.9 Å². The molecule has 0 radical (unpaired) electrons. The van der Waals surface area contributed by atoms with Crippen LogP contribution in [-0.2, 0) is 14.3 Å². The number of hydrogen-bond donors (Lipinski definition) is 1. The Balaban J connectivity index is 2.26. The van der Waals surface area contributed by atoms with Gasteiger partial charge in [0, 0.05) is 28.5 Å². The van der Waals surface area contributed by atoms with Crippen molar-refractivity contribution in [3.05, 3.63) is 33.8 Å². The van der Waals surface area contributed by atoms with E-state index in [0.717, 1.165) is 12.8 Å². The molecule has 122 valence electrons. The fourth-order valence-electron chi connectivity index (χ4n) is 2.70. The molecule has 0 unspecified atom stereocenters. The van der Waals surface area contributed by atoms with Gasteiger partial charge in [0.25, 0.3) is 0 Å². The summed E-state index contributed by atoms with van der Waals surface area (Å²) in [6.07, 6.45) is 2.07. The summed E-state index contributed by atoms with van der Waals surface area (Å²) in [5.41, 5.74) is 0.513. The Morgan fingerprint density at radius 3 is 2.45 bits per heavy atom. The van der Waals surface area contributed by atoms with Gasteiger partial charge in [-0.25, -0.2) is 0 Å². The minimum absolute atomic E-state index is 0.0421. The third-order valence-corrected chi connectivity index (χ3v) is 4.38. The summed E-state index contributed by atoms with van der Waals surface area (Å²) < 4.78 is 10.8. The highest BCUT2D eigenvalue weighted by molar-refractivity contribution is 6.36. The highest BCUT2D eigenvalue weighted by Gasteiger charge is 2.37. The predicted molar refractivity (Wildman–Crippen MR) is 85.0 cm³/mol. The summed E-state index contributed by atoms with van der Waals surface area (Å²) >= 11 is 12.4. The second-order valence-corrected chi connectivity index (χ2v) is 6.22. The first kappa shape index (κ1) is 17.5. The van der Waals surface area contributed by atoms with Gasteiger partial charge in [0.15, 0.2) is 5.79 Å². The van der Waals surface area contributed by atoms with Crippen LogP contribution in [0.5, 0.6) is 0 Å². The lowest BCUT2D eigenvalue weighted by atomic mass is 10.1. The van der Waals surface area contributed by atoms with E-state index in [4.69, 9.17) is 32.7 Å². The lowest BCUT2D eigenvalue weighted by molar-refractivity contribution is -0.229. The monoisotopic (exact) mass is 346 g/mol. The Hall–Kier alpha value is -0.810. The first-order chi connectivity index (χ1) is 10.4. The molecule has 1 aromatic carbocycles. The topological polar surface area (TPSA) is 55.8 Å². The summed E-state index contributed by atoms with van der Waals surface area (Å²) in [6.45, 7) is 2.02. The molecule has 1 saturated carbocycles. The summed E-state index contributed by atoms with van der Waals surface area (Å²) in [7, 11) is 0. The van der Waals surface area contributed by atoms with E-state index in [1.54, 1.807) is 25.1 Å². The molecule has 1 fully saturated rings. The fourth-order valence-corrected chi connectivity index (χ4v) is 3.34. The standard InChI is InChI=1S/C16H20Cl2O4/c1-2-21-14(19)10-13(22-16(20)8-3-4-9-16)15-11(17)6-5-7-12(15)18/h5-7,13,20H,2-4,8-10H2,1H3/t13-/m1/s1. The summed E-state index contributed by atoms with van der Waals surface area (Å²) in [4.78, 5) is 11.9. The number of ether oxygens (including phenoxy) is 2. The van der Waals surface area contributed by atoms with E-state index in [0.29, 0.717) is 28.5 Å². The van der Waals surface area contributed by atoms with Crippen molar-refractivity contribution in [1.29, 1.82) is 0 Å². The van der Waals surface area contributed by atoms with Crippen LogP contribution in [-0.4, -0.2) is 23.5 Å². The second-order valence-electron chi connectivity index (χ2n) is 5.40. The van der Waals surface area contributed by atoms with Crippen LogP contribution in [0.2, 0.25) is 10.0 Å². The predicted octanol–water partition coefficient (Wildman–Crippen LogP) is 4.27. The molecule has 0 bridgehead atoms. The smallest absolute Gasteiger partial charge is 0.308 e. The van der Waals surface area contributed by atoms with E-state index in [2.05, 4.69) is 0 Å². The van der Waals surface area contributed by atoms with Crippen molar-refractivity contribution in [3.63, 3.8) is 0 Å². The molecule has 0 aromatic heterocycles. The molecule has 1 atom stereocenters. The largest absolute Gasteiger partial charge is 0.466 e. The maximum Gasteiger partial charge on any atom is 0.308 e. The summed E-state index contributed by atoms with van der Waals surface area (Å²) in [5.74, 6) is -1.65. The average molecular weight is 347 g/mol. The van der Waals surface area contributed by atoms with Crippen LogP contribution in [0.1, 0.15) is 50.7 Å². The van der Waals surface area contributed by atoms with Gasteiger partial charge in [-0.2, -0.15) is 0 Å². The minimum atomic E-state index is -1.24. The number of rotatable bonds is 6. The third-order valence-electron chi connectivity index (χ3n) is 3.73. The van der Waals surface area contributed by atoms with Crippen molar-refractivity contribution in [2.24, 2.45) is 0 Å². The van der Waals surface area contributed by atoms with E-state index in [1.807, 2.05) is 0 Å². The van der Waals surface area contributed by atoms with Crippen LogP contribution in [0, 0.1) is 0 Å². The van der Waals surface area contributed by atoms with Crippen molar-refractivity contribution in [3.8, 4) is 0 Å². The summed E-state index contributed by atoms with van der Waals surface area (Å²) in [6, 6.07) is 5.09. The number of aliphatic hydroxyl groups is 1. The van der Waals surface area contributed by atoms with Crippen molar-refractivity contribution in [2.45, 2.75) is 50.9 Å². The zero-order valence-electron chi connectivity index (χ0n) is 12.5. The van der Waals surface area contributed by atoms with Gasteiger partial charge in [0.1, 0.15) is 0 Å². The Labute approximate surface area is 140 Å². The van der Waals surface area contributed by atoms with Gasteiger partial charge in [-0.3, -0.25) is 4.79 Å². The van der Waals surface area contributed by atoms with Gasteiger partial charge >= 0.3 is 5.97 Å². The number of carbonyl (C=O) groups excluding carboxylic acids is 1. The van der Waals surface area contributed by atoms with Crippen molar-refractivity contribution in [1.82, 2.24) is 0 Å². The first-order valence-electron chi connectivity index (χ1n) is 7.45. The van der Waals surface area contributed by atoms with Crippen LogP contribution in [0.25, 0.3) is 0 Å². The molecule has 1 aliphatic rings. The Morgan fingerprint density at radius 1 is 1.32 bits per heavy atom. The molecule has 0 spiro atoms. The van der Waals surface area contributed by atoms with Gasteiger partial charge in [0.05, 0.1) is 19.1 Å². The highest BCUT2D eigenvalue weighted by Crippen LogP contribution is 2.40. The number of hydrogen-bond acceptors (Lipinski definition) is 4. The number of halogens is 2. The quantitative estimate of drug-likeness (QED) is 0.617. The molecule has 22 heavy (non-hydrogen) atoms. The lowest BCUT2D eigenvalue weighted by Crippen LogP contribution is -2.31. The molecule has 2 rings (SSSR count). The molecule has 0 aliphatic heterocycles. The Kier molecular flexibility index (Phi) is 6.09. The van der Waals surface area contributed by atoms with Crippen molar-refractivity contribution >= 4 is 29.2 Å². The third kappa shape index (κ3) is 4.35. The van der Waals surface area contributed by atoms with Crippen LogP contribution in [0.15, 0.2) is 18.2 Å². The highest BCUT2D eigenvalue weighted by atomic mass is 35.5. The molecule has 0 amide bonds. The number of esters is 1. The maximum absolute atomic E-state index is 11.9. The van der Waals surface area contributed by atoms with E-state index in [9.17, 15) is 9.90 Å². The lowest BCUT2D eigenvalue weighted by Gasteiger charge is -2.30. The van der Waals surface area contributed by atoms with E-state index >= 15 is 0 Å². The van der Waals surface area contributed by atoms with Gasteiger partial charge in [0.2, 0.25) is 0 Å². The molecule has 0 saturated heterocycles. The van der Waals surface area contributed by atoms with Gasteiger partial charge in [-0.05, 0) is 31.9 Å². The molecule has 6 heteroatoms. The molecule has 1 aromatic rings. The summed E-state index contributed by atoms with van der Waals surface area (Å²) in [5, 5.41) is 11.3. The van der Waals surface area contributed by atoms with Gasteiger partial charge in [-0.1, -0.05) is 29.3 Å². The molecule has 0 heterocycles. The molecule has 1 aliphatic carbocycles. The normalized spacial score (nSPS) is 18.2. The zero-order valence-corrected chi connectivity index (χ0v) is 14.0. The van der Waals surface area contributed by atoms with Crippen LogP contribution in [0.4, 0.5) is 0 Å². The fraction of sp³-hybridized carbons (Fsp3) is 0.562. The Bertz CT molecular complexity index is 507. The van der Waals surface area contributed by atoms with Gasteiger partial charge < -0.3 is 14.6 Å². The first-order valence-corrected chi connectivity index (χ1v) is 8.20. The molecular formula is C16H20Cl2O4. The van der Waals surface area contributed by atoms with Crippen LogP contribution < -0.4 is 0 Å². The number of benzene rings is 1. The SMILES string of the molecule is CCOC(=O)C[C@@H](OC1(O)CCCC1)c1c(Cl)cccc1Cl. The average Bonchev–Trinajstić information content (AvgIpc) is 2.85. The Morgan fingerprint density at radius 2 is 1.91 bits per heavy atom. The number of carbonyl (C=O) groups is 1. The molecule has 4 nitrogen and oxygen atoms in total. The second kappa shape index (κ2) is 7.64. The minimum Gasteiger partial charge on any atom is -0.466 e. The zero-order chi connectivity index (χ0) is 16.2. The van der Waals surface area contributed by atoms with Crippen molar-refractivity contribution in [2.75, 3.05) is 6.61 Å². The maximum atomic E-state index is 11.9. The van der Waals surface area contributed by atoms with Crippen LogP contribution in [0.3, 0.4) is 0 Å². The van der Waals surface area contributed by atoms with Gasteiger partial charge in [-0.15, -0.1) is 0 Å². The van der Waals surface area contributed by atoms with Crippen LogP contribution >= 0.6 is 23.2 Å². The van der Waals surface area contributed by atoms with E-state index in [1.165, 1.54) is 0 Å². The van der Waals surface area contributed by atoms with Crippen molar-refractivity contribution < 1.29 is 19.4 Å². The van der Waals surface area contributed by atoms with E-state index in [-0.39, 0.29) is 13.0 Å².